The molecular weight excluding hydrogens is 774 g/mol. The van der Waals surface area contributed by atoms with Crippen LogP contribution in [0.15, 0.2) is 72.9 Å². The zero-order chi connectivity index (χ0) is 44.3. The van der Waals surface area contributed by atoms with Gasteiger partial charge < -0.3 is 18.9 Å². The molecule has 9 nitrogen and oxygen atoms in total. The molecule has 10 heteroatoms. The number of nitrogens with zero attached hydrogens (tertiary/aromatic N) is 1. The van der Waals surface area contributed by atoms with E-state index in [1.54, 1.807) is 0 Å². The lowest BCUT2D eigenvalue weighted by Gasteiger charge is -2.24. The number of likely N-dealkylation sites (N-methyl/N-ethyl adjacent to an activating group) is 1. The molecule has 0 heterocycles. The largest absolute Gasteiger partial charge is 0.472 e. The van der Waals surface area contributed by atoms with Gasteiger partial charge in [0.25, 0.3) is 0 Å². The average Bonchev–Trinajstić information content (AvgIpc) is 3.20. The summed E-state index contributed by atoms with van der Waals surface area (Å²) < 4.78 is 34.3. The SMILES string of the molecule is CCCCC/C=C/C/C=C/C/C=C/C/C=C/CCCC(=O)OC[C@H](COP(=O)(O)OCC[N+](C)(C)C)OC(=O)CCCCCCCCCCC/C=C/C/C=C/CCCCC. The Bertz CT molecular complexity index is 1250. The summed E-state index contributed by atoms with van der Waals surface area (Å²) >= 11 is 0. The van der Waals surface area contributed by atoms with E-state index in [1.807, 2.05) is 21.1 Å². The van der Waals surface area contributed by atoms with Gasteiger partial charge in [-0.05, 0) is 83.5 Å². The maximum absolute atomic E-state index is 12.7. The average molecular weight is 863 g/mol. The standard InChI is InChI=1S/C50H88NO8P/c1-6-8-10-12-14-16-18-20-22-24-25-27-29-31-33-35-37-39-41-43-50(53)59-48(47-58-60(54,55)57-45-44-51(3,4)5)46-56-49(52)42-40-38-36-34-32-30-28-26-23-21-19-17-15-13-11-9-7-2/h14-17,20-23,28,30,34,36,48H,6-13,18-19,24-27,29,31-33,35,37-47H2,1-5H3/p+1/b16-14+,17-15+,22-20+,23-21+,30-28+,36-34+/t48-/m1/s1. The van der Waals surface area contributed by atoms with Gasteiger partial charge in [-0.1, -0.05) is 157 Å². The molecular formula is C50H89NO8P+. The predicted molar refractivity (Wildman–Crippen MR) is 252 cm³/mol. The highest BCUT2D eigenvalue weighted by atomic mass is 31.2. The summed E-state index contributed by atoms with van der Waals surface area (Å²) in [5, 5.41) is 0. The number of allylic oxidation sites excluding steroid dienone is 12. The Labute approximate surface area is 368 Å². The van der Waals surface area contributed by atoms with Gasteiger partial charge >= 0.3 is 19.8 Å². The van der Waals surface area contributed by atoms with E-state index < -0.39 is 32.5 Å². The van der Waals surface area contributed by atoms with E-state index in [0.29, 0.717) is 23.9 Å². The highest BCUT2D eigenvalue weighted by Crippen LogP contribution is 2.43. The highest BCUT2D eigenvalue weighted by molar-refractivity contribution is 7.47. The van der Waals surface area contributed by atoms with Crippen LogP contribution in [0.4, 0.5) is 0 Å². The van der Waals surface area contributed by atoms with Crippen molar-refractivity contribution in [1.29, 1.82) is 0 Å². The van der Waals surface area contributed by atoms with E-state index in [-0.39, 0.29) is 26.1 Å². The van der Waals surface area contributed by atoms with Crippen molar-refractivity contribution in [3.8, 4) is 0 Å². The first-order chi connectivity index (χ1) is 29.0. The van der Waals surface area contributed by atoms with Crippen molar-refractivity contribution in [3.63, 3.8) is 0 Å². The molecule has 60 heavy (non-hydrogen) atoms. The Hall–Kier alpha value is -2.55. The number of esters is 2. The minimum atomic E-state index is -4.39. The van der Waals surface area contributed by atoms with Crippen LogP contribution in [0, 0.1) is 0 Å². The summed E-state index contributed by atoms with van der Waals surface area (Å²) in [6, 6.07) is 0. The zero-order valence-electron chi connectivity index (χ0n) is 38.9. The zero-order valence-corrected chi connectivity index (χ0v) is 39.8. The van der Waals surface area contributed by atoms with Gasteiger partial charge in [0.05, 0.1) is 27.7 Å². The second kappa shape index (κ2) is 41.8. The molecule has 0 aliphatic carbocycles. The van der Waals surface area contributed by atoms with Crippen molar-refractivity contribution in [2.45, 2.75) is 187 Å². The monoisotopic (exact) mass is 863 g/mol. The molecule has 0 aromatic carbocycles. The van der Waals surface area contributed by atoms with Crippen LogP contribution in [0.3, 0.4) is 0 Å². The topological polar surface area (TPSA) is 108 Å². The van der Waals surface area contributed by atoms with E-state index in [4.69, 9.17) is 18.5 Å². The summed E-state index contributed by atoms with van der Waals surface area (Å²) in [6.07, 6.45) is 52.4. The number of quaternary nitrogens is 1. The minimum Gasteiger partial charge on any atom is -0.462 e. The summed E-state index contributed by atoms with van der Waals surface area (Å²) in [4.78, 5) is 35.4. The van der Waals surface area contributed by atoms with Gasteiger partial charge in [0, 0.05) is 12.8 Å². The summed E-state index contributed by atoms with van der Waals surface area (Å²) in [5.74, 6) is -0.873. The molecule has 0 rings (SSSR count). The number of phosphoric ester groups is 1. The predicted octanol–water partition coefficient (Wildman–Crippen LogP) is 13.8. The van der Waals surface area contributed by atoms with Crippen molar-refractivity contribution >= 4 is 19.8 Å². The Kier molecular flexibility index (Phi) is 40.0. The fourth-order valence-electron chi connectivity index (χ4n) is 5.98. The molecule has 0 aromatic heterocycles. The summed E-state index contributed by atoms with van der Waals surface area (Å²) in [5.41, 5.74) is 0. The fourth-order valence-corrected chi connectivity index (χ4v) is 6.72. The van der Waals surface area contributed by atoms with Crippen molar-refractivity contribution in [1.82, 2.24) is 0 Å². The van der Waals surface area contributed by atoms with E-state index in [9.17, 15) is 19.0 Å². The molecule has 2 atom stereocenters. The van der Waals surface area contributed by atoms with E-state index in [2.05, 4.69) is 86.8 Å². The maximum atomic E-state index is 12.7. The van der Waals surface area contributed by atoms with Crippen LogP contribution in [-0.2, 0) is 32.7 Å². The number of hydrogen-bond acceptors (Lipinski definition) is 7. The van der Waals surface area contributed by atoms with Crippen LogP contribution in [0.25, 0.3) is 0 Å². The van der Waals surface area contributed by atoms with Crippen LogP contribution in [-0.4, -0.2) is 74.9 Å². The molecule has 0 aromatic rings. The lowest BCUT2D eigenvalue weighted by molar-refractivity contribution is -0.870. The fraction of sp³-hybridized carbons (Fsp3) is 0.720. The molecule has 0 aliphatic rings. The molecule has 0 saturated heterocycles. The number of carbonyl (C=O) groups excluding carboxylic acids is 2. The van der Waals surface area contributed by atoms with Gasteiger partial charge in [-0.25, -0.2) is 4.57 Å². The first-order valence-corrected chi connectivity index (χ1v) is 25.2. The highest BCUT2D eigenvalue weighted by Gasteiger charge is 2.27. The first kappa shape index (κ1) is 57.4. The molecule has 0 spiro atoms. The Morgan fingerprint density at radius 2 is 0.917 bits per heavy atom. The number of unbranched alkanes of at least 4 members (excludes halogenated alkanes) is 16. The van der Waals surface area contributed by atoms with Gasteiger partial charge in [-0.2, -0.15) is 0 Å². The first-order valence-electron chi connectivity index (χ1n) is 23.7. The van der Waals surface area contributed by atoms with Crippen molar-refractivity contribution in [2.24, 2.45) is 0 Å². The number of carbonyl (C=O) groups is 2. The summed E-state index contributed by atoms with van der Waals surface area (Å²) in [7, 11) is 1.44. The lowest BCUT2D eigenvalue weighted by atomic mass is 10.1. The molecule has 0 fully saturated rings. The van der Waals surface area contributed by atoms with Gasteiger partial charge in [0.15, 0.2) is 6.10 Å². The molecule has 0 amide bonds. The second-order valence-electron chi connectivity index (χ2n) is 16.8. The van der Waals surface area contributed by atoms with Crippen LogP contribution in [0.2, 0.25) is 0 Å². The molecule has 0 radical (unpaired) electrons. The second-order valence-corrected chi connectivity index (χ2v) is 18.2. The molecule has 1 unspecified atom stereocenters. The molecule has 0 saturated carbocycles. The van der Waals surface area contributed by atoms with E-state index >= 15 is 0 Å². The van der Waals surface area contributed by atoms with Crippen molar-refractivity contribution in [3.05, 3.63) is 72.9 Å². The molecule has 0 bridgehead atoms. The number of phosphoric acid groups is 1. The van der Waals surface area contributed by atoms with Crippen molar-refractivity contribution in [2.75, 3.05) is 47.5 Å². The normalized spacial score (nSPS) is 14.2. The van der Waals surface area contributed by atoms with Gasteiger partial charge in [0.2, 0.25) is 0 Å². The Morgan fingerprint density at radius 3 is 1.38 bits per heavy atom. The Balaban J connectivity index is 4.41. The van der Waals surface area contributed by atoms with Crippen LogP contribution in [0.5, 0.6) is 0 Å². The molecule has 0 aliphatic heterocycles. The third-order valence-electron chi connectivity index (χ3n) is 9.71. The number of ether oxygens (including phenoxy) is 2. The van der Waals surface area contributed by atoms with Gasteiger partial charge in [-0.3, -0.25) is 18.6 Å². The van der Waals surface area contributed by atoms with Gasteiger partial charge in [0.1, 0.15) is 19.8 Å². The quantitative estimate of drug-likeness (QED) is 0.0212. The maximum Gasteiger partial charge on any atom is 0.472 e. The van der Waals surface area contributed by atoms with Crippen molar-refractivity contribution < 1.29 is 42.1 Å². The summed E-state index contributed by atoms with van der Waals surface area (Å²) in [6.45, 7) is 4.30. The Morgan fingerprint density at radius 1 is 0.517 bits per heavy atom. The van der Waals surface area contributed by atoms with E-state index in [1.165, 1.54) is 83.5 Å². The number of rotatable bonds is 42. The third kappa shape index (κ3) is 45.0. The lowest BCUT2D eigenvalue weighted by Crippen LogP contribution is -2.37. The van der Waals surface area contributed by atoms with E-state index in [0.717, 1.165) is 57.8 Å². The molecule has 346 valence electrons. The van der Waals surface area contributed by atoms with Gasteiger partial charge in [-0.15, -0.1) is 0 Å². The number of hydrogen-bond donors (Lipinski definition) is 1. The minimum absolute atomic E-state index is 0.0192. The van der Waals surface area contributed by atoms with Crippen LogP contribution in [0.1, 0.15) is 181 Å². The third-order valence-corrected chi connectivity index (χ3v) is 10.7. The van der Waals surface area contributed by atoms with Crippen LogP contribution < -0.4 is 0 Å². The van der Waals surface area contributed by atoms with Crippen LogP contribution >= 0.6 is 7.82 Å². The smallest absolute Gasteiger partial charge is 0.462 e. The molecule has 1 N–H and O–H groups in total.